The molecule has 1 aromatic heterocycles. The largest absolute Gasteiger partial charge is 0.390 e. The molecule has 0 spiro atoms. The highest BCUT2D eigenvalue weighted by molar-refractivity contribution is 6.33. The molecule has 0 unspecified atom stereocenters. The van der Waals surface area contributed by atoms with E-state index in [0.29, 0.717) is 29.2 Å². The number of rotatable bonds is 5. The van der Waals surface area contributed by atoms with Crippen molar-refractivity contribution < 1.29 is 5.11 Å². The smallest absolute Gasteiger partial charge is 0.0843 e. The third-order valence-corrected chi connectivity index (χ3v) is 4.41. The van der Waals surface area contributed by atoms with Gasteiger partial charge >= 0.3 is 0 Å². The fourth-order valence-electron chi connectivity index (χ4n) is 2.89. The molecule has 0 amide bonds. The number of aromatic nitrogens is 1. The zero-order valence-corrected chi connectivity index (χ0v) is 14.7. The van der Waals surface area contributed by atoms with E-state index in [9.17, 15) is 5.11 Å². The van der Waals surface area contributed by atoms with Crippen LogP contribution in [0.2, 0.25) is 10.0 Å². The van der Waals surface area contributed by atoms with Crippen molar-refractivity contribution in [2.75, 3.05) is 6.54 Å². The first kappa shape index (κ1) is 16.6. The molecule has 0 bridgehead atoms. The van der Waals surface area contributed by atoms with Crippen molar-refractivity contribution in [1.29, 1.82) is 0 Å². The molecule has 3 nitrogen and oxygen atoms in total. The predicted molar refractivity (Wildman–Crippen MR) is 98.6 cm³/mol. The van der Waals surface area contributed by atoms with Crippen LogP contribution >= 0.6 is 23.2 Å². The van der Waals surface area contributed by atoms with Crippen LogP contribution in [0.1, 0.15) is 13.8 Å². The van der Waals surface area contributed by atoms with Gasteiger partial charge in [0.2, 0.25) is 0 Å². The number of hydrogen-bond donors (Lipinski definition) is 2. The molecular weight excluding hydrogens is 331 g/mol. The Labute approximate surface area is 145 Å². The minimum atomic E-state index is -0.470. The van der Waals surface area contributed by atoms with Crippen LogP contribution in [-0.2, 0) is 6.54 Å². The summed E-state index contributed by atoms with van der Waals surface area (Å²) in [5.74, 6) is 0. The number of aliphatic hydroxyl groups excluding tert-OH is 1. The second-order valence-corrected chi connectivity index (χ2v) is 7.02. The molecular formula is C18H20Cl2N2O. The fraction of sp³-hybridized carbons (Fsp3) is 0.333. The van der Waals surface area contributed by atoms with Crippen LogP contribution in [0, 0.1) is 0 Å². The second-order valence-electron chi connectivity index (χ2n) is 6.15. The van der Waals surface area contributed by atoms with Crippen molar-refractivity contribution in [2.45, 2.75) is 32.5 Å². The van der Waals surface area contributed by atoms with Gasteiger partial charge in [0, 0.05) is 44.4 Å². The minimum Gasteiger partial charge on any atom is -0.390 e. The maximum absolute atomic E-state index is 10.4. The van der Waals surface area contributed by atoms with Gasteiger partial charge in [0.25, 0.3) is 0 Å². The molecule has 2 N–H and O–H groups in total. The molecule has 5 heteroatoms. The zero-order valence-electron chi connectivity index (χ0n) is 13.2. The van der Waals surface area contributed by atoms with Gasteiger partial charge in [0.1, 0.15) is 0 Å². The summed E-state index contributed by atoms with van der Waals surface area (Å²) in [4.78, 5) is 0. The summed E-state index contributed by atoms with van der Waals surface area (Å²) in [7, 11) is 0. The van der Waals surface area contributed by atoms with E-state index in [1.807, 2.05) is 36.4 Å². The SMILES string of the molecule is CC(C)NC[C@@H](O)Cn1c2ccc(Cl)cc2c2cc(Cl)ccc21. The van der Waals surface area contributed by atoms with Gasteiger partial charge in [-0.1, -0.05) is 37.0 Å². The summed E-state index contributed by atoms with van der Waals surface area (Å²) in [6.07, 6.45) is -0.470. The van der Waals surface area contributed by atoms with Gasteiger partial charge in [-0.05, 0) is 36.4 Å². The molecule has 0 saturated heterocycles. The Hall–Kier alpha value is -1.26. The number of nitrogens with zero attached hydrogens (tertiary/aromatic N) is 1. The summed E-state index contributed by atoms with van der Waals surface area (Å²) in [6.45, 7) is 5.21. The first-order chi connectivity index (χ1) is 11.0. The number of benzene rings is 2. The molecule has 1 atom stereocenters. The maximum Gasteiger partial charge on any atom is 0.0843 e. The third-order valence-electron chi connectivity index (χ3n) is 3.94. The van der Waals surface area contributed by atoms with E-state index in [1.165, 1.54) is 0 Å². The van der Waals surface area contributed by atoms with E-state index >= 15 is 0 Å². The van der Waals surface area contributed by atoms with Gasteiger partial charge in [0.05, 0.1) is 12.6 Å². The molecule has 122 valence electrons. The van der Waals surface area contributed by atoms with Crippen LogP contribution in [-0.4, -0.2) is 28.4 Å². The van der Waals surface area contributed by atoms with Gasteiger partial charge in [-0.15, -0.1) is 0 Å². The van der Waals surface area contributed by atoms with Crippen molar-refractivity contribution in [3.63, 3.8) is 0 Å². The monoisotopic (exact) mass is 350 g/mol. The Balaban J connectivity index is 2.07. The molecule has 23 heavy (non-hydrogen) atoms. The Morgan fingerprint density at radius 1 is 1.00 bits per heavy atom. The fourth-order valence-corrected chi connectivity index (χ4v) is 3.24. The first-order valence-corrected chi connectivity index (χ1v) is 8.50. The quantitative estimate of drug-likeness (QED) is 0.712. The van der Waals surface area contributed by atoms with Crippen molar-refractivity contribution in [2.24, 2.45) is 0 Å². The number of halogens is 2. The average molecular weight is 351 g/mol. The summed E-state index contributed by atoms with van der Waals surface area (Å²) >= 11 is 12.3. The Morgan fingerprint density at radius 3 is 2.00 bits per heavy atom. The molecule has 3 aromatic rings. The number of aliphatic hydroxyl groups is 1. The van der Waals surface area contributed by atoms with Gasteiger partial charge in [-0.3, -0.25) is 0 Å². The molecule has 0 aliphatic heterocycles. The van der Waals surface area contributed by atoms with Crippen LogP contribution < -0.4 is 5.32 Å². The lowest BCUT2D eigenvalue weighted by atomic mass is 10.1. The molecule has 3 rings (SSSR count). The van der Waals surface area contributed by atoms with Gasteiger partial charge < -0.3 is 15.0 Å². The van der Waals surface area contributed by atoms with E-state index in [-0.39, 0.29) is 0 Å². The first-order valence-electron chi connectivity index (χ1n) is 7.74. The highest BCUT2D eigenvalue weighted by Gasteiger charge is 2.14. The molecule has 2 aromatic carbocycles. The van der Waals surface area contributed by atoms with E-state index in [1.54, 1.807) is 0 Å². The third kappa shape index (κ3) is 3.48. The Kier molecular flexibility index (Phi) is 4.83. The Bertz CT molecular complexity index is 783. The zero-order chi connectivity index (χ0) is 16.6. The maximum atomic E-state index is 10.4. The van der Waals surface area contributed by atoms with Crippen molar-refractivity contribution in [1.82, 2.24) is 9.88 Å². The van der Waals surface area contributed by atoms with Crippen molar-refractivity contribution >= 4 is 45.0 Å². The lowest BCUT2D eigenvalue weighted by Gasteiger charge is -2.16. The standard InChI is InChI=1S/C18H20Cl2N2O/c1-11(2)21-9-14(23)10-22-17-5-3-12(19)7-15(17)16-8-13(20)4-6-18(16)22/h3-8,11,14,21,23H,9-10H2,1-2H3/t14-/m1/s1. The number of nitrogens with one attached hydrogen (secondary N) is 1. The van der Waals surface area contributed by atoms with Crippen LogP contribution in [0.5, 0.6) is 0 Å². The van der Waals surface area contributed by atoms with Gasteiger partial charge in [-0.25, -0.2) is 0 Å². The van der Waals surface area contributed by atoms with Gasteiger partial charge in [0.15, 0.2) is 0 Å². The topological polar surface area (TPSA) is 37.2 Å². The van der Waals surface area contributed by atoms with Crippen molar-refractivity contribution in [3.05, 3.63) is 46.4 Å². The van der Waals surface area contributed by atoms with Crippen LogP contribution in [0.4, 0.5) is 0 Å². The lowest BCUT2D eigenvalue weighted by molar-refractivity contribution is 0.151. The van der Waals surface area contributed by atoms with Crippen LogP contribution in [0.25, 0.3) is 21.8 Å². The number of hydrogen-bond acceptors (Lipinski definition) is 2. The minimum absolute atomic E-state index is 0.348. The molecule has 0 saturated carbocycles. The second kappa shape index (κ2) is 6.70. The summed E-state index contributed by atoms with van der Waals surface area (Å²) in [5.41, 5.74) is 2.10. The highest BCUT2D eigenvalue weighted by atomic mass is 35.5. The lowest BCUT2D eigenvalue weighted by Crippen LogP contribution is -2.34. The molecule has 0 fully saturated rings. The summed E-state index contributed by atoms with van der Waals surface area (Å²) < 4.78 is 2.13. The normalized spacial score (nSPS) is 13.3. The highest BCUT2D eigenvalue weighted by Crippen LogP contribution is 2.32. The van der Waals surface area contributed by atoms with Crippen LogP contribution in [0.3, 0.4) is 0 Å². The molecule has 0 aliphatic rings. The Morgan fingerprint density at radius 2 is 1.52 bits per heavy atom. The summed E-state index contributed by atoms with van der Waals surface area (Å²) in [6, 6.07) is 12.0. The molecule has 1 heterocycles. The van der Waals surface area contributed by atoms with Crippen LogP contribution in [0.15, 0.2) is 36.4 Å². The average Bonchev–Trinajstić information content (AvgIpc) is 2.78. The van der Waals surface area contributed by atoms with E-state index in [2.05, 4.69) is 23.7 Å². The van der Waals surface area contributed by atoms with Gasteiger partial charge in [-0.2, -0.15) is 0 Å². The van der Waals surface area contributed by atoms with E-state index in [4.69, 9.17) is 23.2 Å². The summed E-state index contributed by atoms with van der Waals surface area (Å²) in [5, 5.41) is 17.1. The van der Waals surface area contributed by atoms with E-state index in [0.717, 1.165) is 21.8 Å². The molecule has 0 radical (unpaired) electrons. The number of fused-ring (bicyclic) bond motifs is 3. The van der Waals surface area contributed by atoms with Crippen molar-refractivity contribution in [3.8, 4) is 0 Å². The predicted octanol–water partition coefficient (Wildman–Crippen LogP) is 4.46. The molecule has 0 aliphatic carbocycles. The van der Waals surface area contributed by atoms with E-state index < -0.39 is 6.10 Å².